The molecule has 8 nitrogen and oxygen atoms in total. The van der Waals surface area contributed by atoms with Gasteiger partial charge in [-0.05, 0) is 44.9 Å². The van der Waals surface area contributed by atoms with Crippen molar-refractivity contribution in [2.75, 3.05) is 7.11 Å². The minimum absolute atomic E-state index is 0.244. The number of imide groups is 1. The van der Waals surface area contributed by atoms with Crippen LogP contribution < -0.4 is 5.32 Å². The number of likely N-dealkylation sites (tertiary alicyclic amines) is 1. The van der Waals surface area contributed by atoms with E-state index in [2.05, 4.69) is 5.32 Å². The number of nitrogens with one attached hydrogen (secondary N) is 1. The number of methoxy groups -OCH3 is 1. The Labute approximate surface area is 181 Å². The number of hydrogen-bond acceptors (Lipinski definition) is 6. The van der Waals surface area contributed by atoms with Gasteiger partial charge in [0.15, 0.2) is 0 Å². The molecule has 0 saturated carbocycles. The molecule has 2 fully saturated rings. The Kier molecular flexibility index (Phi) is 5.97. The molecule has 0 radical (unpaired) electrons. The highest BCUT2D eigenvalue weighted by atomic mass is 16.5. The van der Waals surface area contributed by atoms with Crippen molar-refractivity contribution in [1.29, 1.82) is 0 Å². The smallest absolute Gasteiger partial charge is 0.337 e. The van der Waals surface area contributed by atoms with Crippen LogP contribution in [-0.4, -0.2) is 51.9 Å². The number of carboxylic acids is 1. The lowest BCUT2D eigenvalue weighted by Gasteiger charge is -2.35. The third-order valence-corrected chi connectivity index (χ3v) is 6.32. The van der Waals surface area contributed by atoms with E-state index in [1.54, 1.807) is 45.0 Å². The van der Waals surface area contributed by atoms with E-state index >= 15 is 0 Å². The summed E-state index contributed by atoms with van der Waals surface area (Å²) in [4.78, 5) is 52.4. The van der Waals surface area contributed by atoms with E-state index in [0.29, 0.717) is 17.5 Å². The molecule has 0 spiro atoms. The second-order valence-corrected chi connectivity index (χ2v) is 9.30. The number of benzene rings is 1. The highest BCUT2D eigenvalue weighted by Crippen LogP contribution is 2.51. The van der Waals surface area contributed by atoms with Crippen molar-refractivity contribution in [2.24, 2.45) is 11.8 Å². The predicted octanol–water partition coefficient (Wildman–Crippen LogP) is 2.53. The van der Waals surface area contributed by atoms with Crippen LogP contribution in [0, 0.1) is 11.8 Å². The van der Waals surface area contributed by atoms with Crippen molar-refractivity contribution < 1.29 is 29.0 Å². The third kappa shape index (κ3) is 3.63. The first-order chi connectivity index (χ1) is 14.5. The maximum absolute atomic E-state index is 13.4. The van der Waals surface area contributed by atoms with Crippen LogP contribution in [0.3, 0.4) is 0 Å². The molecule has 2 aliphatic rings. The van der Waals surface area contributed by atoms with Gasteiger partial charge in [-0.3, -0.25) is 24.6 Å². The molecule has 8 heteroatoms. The molecule has 2 amide bonds. The van der Waals surface area contributed by atoms with Crippen molar-refractivity contribution in [2.45, 2.75) is 64.1 Å². The molecule has 1 aromatic rings. The zero-order chi connectivity index (χ0) is 23.1. The molecule has 0 aliphatic carbocycles. The summed E-state index contributed by atoms with van der Waals surface area (Å²) in [6, 6.07) is 5.85. The van der Waals surface area contributed by atoms with Crippen LogP contribution in [0.2, 0.25) is 0 Å². The molecule has 31 heavy (non-hydrogen) atoms. The van der Waals surface area contributed by atoms with Crippen LogP contribution in [0.5, 0.6) is 0 Å². The van der Waals surface area contributed by atoms with Crippen molar-refractivity contribution >= 4 is 23.8 Å². The van der Waals surface area contributed by atoms with Crippen molar-refractivity contribution in [3.05, 3.63) is 35.4 Å². The monoisotopic (exact) mass is 430 g/mol. The number of ether oxygens (including phenoxy) is 1. The van der Waals surface area contributed by atoms with Crippen LogP contribution in [0.25, 0.3) is 0 Å². The summed E-state index contributed by atoms with van der Waals surface area (Å²) in [6.45, 7) is 7.26. The molecular weight excluding hydrogens is 400 g/mol. The Morgan fingerprint density at radius 3 is 2.26 bits per heavy atom. The van der Waals surface area contributed by atoms with Crippen LogP contribution in [-0.2, 0) is 19.1 Å². The quantitative estimate of drug-likeness (QED) is 0.527. The van der Waals surface area contributed by atoms with Gasteiger partial charge in [0.2, 0.25) is 11.8 Å². The fraction of sp³-hybridized carbons (Fsp3) is 0.565. The molecule has 4 unspecified atom stereocenters. The Morgan fingerprint density at radius 1 is 1.16 bits per heavy atom. The van der Waals surface area contributed by atoms with Gasteiger partial charge in [-0.25, -0.2) is 4.79 Å². The van der Waals surface area contributed by atoms with Gasteiger partial charge in [0.1, 0.15) is 5.54 Å². The maximum atomic E-state index is 13.4. The molecule has 3 rings (SSSR count). The largest absolute Gasteiger partial charge is 0.480 e. The molecule has 4 atom stereocenters. The van der Waals surface area contributed by atoms with E-state index in [9.17, 15) is 24.3 Å². The number of fused-ring (bicyclic) bond motifs is 1. The number of nitrogens with zero attached hydrogens (tertiary/aromatic N) is 1. The maximum Gasteiger partial charge on any atom is 0.337 e. The highest BCUT2D eigenvalue weighted by molar-refractivity contribution is 6.10. The first-order valence-electron chi connectivity index (χ1n) is 10.6. The summed E-state index contributed by atoms with van der Waals surface area (Å²) in [6.07, 6.45) is 1.61. The number of esters is 1. The normalized spacial score (nSPS) is 28.0. The van der Waals surface area contributed by atoms with Gasteiger partial charge in [-0.15, -0.1) is 0 Å². The molecule has 0 aromatic heterocycles. The molecule has 1 aromatic carbocycles. The summed E-state index contributed by atoms with van der Waals surface area (Å²) < 4.78 is 4.72. The van der Waals surface area contributed by atoms with Gasteiger partial charge in [-0.1, -0.05) is 31.9 Å². The zero-order valence-electron chi connectivity index (χ0n) is 18.6. The summed E-state index contributed by atoms with van der Waals surface area (Å²) in [7, 11) is 1.29. The number of rotatable bonds is 6. The lowest BCUT2D eigenvalue weighted by molar-refractivity contribution is -0.154. The second-order valence-electron chi connectivity index (χ2n) is 9.30. The molecule has 2 aliphatic heterocycles. The lowest BCUT2D eigenvalue weighted by Crippen LogP contribution is -2.57. The number of aliphatic carboxylic acids is 1. The molecule has 2 saturated heterocycles. The van der Waals surface area contributed by atoms with E-state index < -0.39 is 46.8 Å². The van der Waals surface area contributed by atoms with Crippen LogP contribution in [0.1, 0.15) is 68.9 Å². The predicted molar refractivity (Wildman–Crippen MR) is 112 cm³/mol. The van der Waals surface area contributed by atoms with E-state index in [0.717, 1.165) is 6.42 Å². The van der Waals surface area contributed by atoms with Gasteiger partial charge in [0, 0.05) is 11.6 Å². The topological polar surface area (TPSA) is 113 Å². The lowest BCUT2D eigenvalue weighted by atomic mass is 9.76. The molecular formula is C23H30N2O6. The molecule has 2 heterocycles. The summed E-state index contributed by atoms with van der Waals surface area (Å²) in [5, 5.41) is 13.4. The number of carbonyl (C=O) groups excluding carboxylic acids is 3. The average Bonchev–Trinajstić information content (AvgIpc) is 3.20. The third-order valence-electron chi connectivity index (χ3n) is 6.32. The number of carboxylic acid groups (broad SMARTS) is 1. The van der Waals surface area contributed by atoms with Crippen LogP contribution in [0.4, 0.5) is 0 Å². The Balaban J connectivity index is 2.11. The van der Waals surface area contributed by atoms with Gasteiger partial charge in [0.05, 0.1) is 24.5 Å². The van der Waals surface area contributed by atoms with Gasteiger partial charge in [-0.2, -0.15) is 0 Å². The minimum Gasteiger partial charge on any atom is -0.480 e. The Hall–Kier alpha value is -2.74. The fourth-order valence-electron chi connectivity index (χ4n) is 4.88. The first-order valence-corrected chi connectivity index (χ1v) is 10.6. The SMILES string of the molecule is CCCCC1(C(=O)O)NC(c2ccc(C(=O)OC)cc2)C2C(=O)N(C(C)(C)C)C(=O)C21. The number of unbranched alkanes of at least 4 members (excludes halogenated alkanes) is 1. The standard InChI is InChI=1S/C23H30N2O6/c1-6-7-12-23(21(29)30)16-15(18(26)25(19(16)27)22(2,3)4)17(24-23)13-8-10-14(11-9-13)20(28)31-5/h8-11,15-17,24H,6-7,12H2,1-5H3,(H,29,30). The van der Waals surface area contributed by atoms with Gasteiger partial charge < -0.3 is 9.84 Å². The summed E-state index contributed by atoms with van der Waals surface area (Å²) in [5.41, 5.74) is -1.29. The summed E-state index contributed by atoms with van der Waals surface area (Å²) >= 11 is 0. The first kappa shape index (κ1) is 22.9. The minimum atomic E-state index is -1.53. The summed E-state index contributed by atoms with van der Waals surface area (Å²) in [5.74, 6) is -4.24. The van der Waals surface area contributed by atoms with E-state index in [1.807, 2.05) is 6.92 Å². The van der Waals surface area contributed by atoms with E-state index in [-0.39, 0.29) is 12.3 Å². The van der Waals surface area contributed by atoms with Gasteiger partial charge >= 0.3 is 11.9 Å². The fourth-order valence-corrected chi connectivity index (χ4v) is 4.88. The highest BCUT2D eigenvalue weighted by Gasteiger charge is 2.69. The number of hydrogen-bond donors (Lipinski definition) is 2. The second kappa shape index (κ2) is 8.07. The number of carbonyl (C=O) groups is 4. The Morgan fingerprint density at radius 2 is 1.77 bits per heavy atom. The van der Waals surface area contributed by atoms with Crippen molar-refractivity contribution in [3.63, 3.8) is 0 Å². The van der Waals surface area contributed by atoms with Crippen LogP contribution in [0.15, 0.2) is 24.3 Å². The Bertz CT molecular complexity index is 904. The van der Waals surface area contributed by atoms with E-state index in [1.165, 1.54) is 12.0 Å². The molecule has 2 N–H and O–H groups in total. The zero-order valence-corrected chi connectivity index (χ0v) is 18.6. The molecule has 0 bridgehead atoms. The van der Waals surface area contributed by atoms with Crippen molar-refractivity contribution in [3.8, 4) is 0 Å². The van der Waals surface area contributed by atoms with Crippen molar-refractivity contribution in [1.82, 2.24) is 10.2 Å². The number of amides is 2. The van der Waals surface area contributed by atoms with E-state index in [4.69, 9.17) is 4.74 Å². The van der Waals surface area contributed by atoms with Gasteiger partial charge in [0.25, 0.3) is 0 Å². The average molecular weight is 431 g/mol. The van der Waals surface area contributed by atoms with Crippen LogP contribution >= 0.6 is 0 Å². The molecule has 168 valence electrons.